The number of imide groups is 1. The fourth-order valence-corrected chi connectivity index (χ4v) is 4.47. The Morgan fingerprint density at radius 3 is 2.65 bits per heavy atom. The first-order chi connectivity index (χ1) is 15.0. The second-order valence-electron chi connectivity index (χ2n) is 6.89. The maximum absolute atomic E-state index is 12.9. The van der Waals surface area contributed by atoms with Gasteiger partial charge in [-0.1, -0.05) is 48.0 Å². The number of esters is 1. The topological polar surface area (TPSA) is 68.6 Å². The molecule has 8 heteroatoms. The molecule has 1 fully saturated rings. The first-order valence-electron chi connectivity index (χ1n) is 9.70. The van der Waals surface area contributed by atoms with E-state index in [9.17, 15) is 14.4 Å². The van der Waals surface area contributed by atoms with Gasteiger partial charge >= 0.3 is 5.97 Å². The van der Waals surface area contributed by atoms with E-state index in [0.29, 0.717) is 22.1 Å². The zero-order chi connectivity index (χ0) is 22.0. The predicted octanol–water partition coefficient (Wildman–Crippen LogP) is 5.09. The molecule has 6 nitrogen and oxygen atoms in total. The Kier molecular flexibility index (Phi) is 6.15. The Morgan fingerprint density at radius 2 is 1.87 bits per heavy atom. The van der Waals surface area contributed by atoms with E-state index in [4.69, 9.17) is 16.3 Å². The van der Waals surface area contributed by atoms with Crippen LogP contribution in [0.4, 0.5) is 4.79 Å². The summed E-state index contributed by atoms with van der Waals surface area (Å²) in [5, 5.41) is 1.05. The molecule has 2 heterocycles. The van der Waals surface area contributed by atoms with Gasteiger partial charge in [0, 0.05) is 27.7 Å². The third kappa shape index (κ3) is 4.38. The van der Waals surface area contributed by atoms with E-state index < -0.39 is 0 Å². The average molecular weight is 455 g/mol. The van der Waals surface area contributed by atoms with Crippen molar-refractivity contribution in [2.45, 2.75) is 20.0 Å². The molecule has 0 aliphatic carbocycles. The number of fused-ring (bicyclic) bond motifs is 1. The van der Waals surface area contributed by atoms with Crippen molar-refractivity contribution in [1.82, 2.24) is 9.47 Å². The fraction of sp³-hybridized carbons (Fsp3) is 0.174. The largest absolute Gasteiger partial charge is 0.465 e. The molecule has 1 aliphatic rings. The summed E-state index contributed by atoms with van der Waals surface area (Å²) in [6.07, 6.45) is 3.49. The van der Waals surface area contributed by atoms with Crippen molar-refractivity contribution in [3.8, 4) is 0 Å². The second-order valence-corrected chi connectivity index (χ2v) is 8.29. The molecule has 0 spiro atoms. The zero-order valence-electron chi connectivity index (χ0n) is 16.7. The highest BCUT2D eigenvalue weighted by molar-refractivity contribution is 8.18. The van der Waals surface area contributed by atoms with Gasteiger partial charge in [-0.05, 0) is 42.5 Å². The highest BCUT2D eigenvalue weighted by atomic mass is 35.5. The number of hydrogen-bond acceptors (Lipinski definition) is 5. The van der Waals surface area contributed by atoms with Gasteiger partial charge in [-0.3, -0.25) is 19.3 Å². The highest BCUT2D eigenvalue weighted by Gasteiger charge is 2.35. The number of ether oxygens (including phenoxy) is 1. The van der Waals surface area contributed by atoms with Crippen LogP contribution in [0.3, 0.4) is 0 Å². The van der Waals surface area contributed by atoms with E-state index in [1.54, 1.807) is 42.0 Å². The van der Waals surface area contributed by atoms with Gasteiger partial charge < -0.3 is 9.30 Å². The minimum absolute atomic E-state index is 0.0657. The summed E-state index contributed by atoms with van der Waals surface area (Å²) in [4.78, 5) is 38.9. The van der Waals surface area contributed by atoms with Crippen LogP contribution in [0.15, 0.2) is 59.6 Å². The molecule has 158 valence electrons. The summed E-state index contributed by atoms with van der Waals surface area (Å²) in [6.45, 7) is 2.25. The molecular formula is C23H19ClN2O4S. The van der Waals surface area contributed by atoms with Crippen molar-refractivity contribution in [2.75, 3.05) is 6.61 Å². The Balaban J connectivity index is 1.64. The van der Waals surface area contributed by atoms with Crippen LogP contribution in [-0.2, 0) is 27.4 Å². The number of para-hydroxylation sites is 1. The molecule has 1 aromatic heterocycles. The van der Waals surface area contributed by atoms with Crippen LogP contribution in [0.25, 0.3) is 17.0 Å². The fourth-order valence-electron chi connectivity index (χ4n) is 3.44. The number of carbonyl (C=O) groups excluding carboxylic acids is 3. The third-order valence-corrected chi connectivity index (χ3v) is 6.15. The number of rotatable bonds is 6. The van der Waals surface area contributed by atoms with Gasteiger partial charge in [-0.25, -0.2) is 0 Å². The highest BCUT2D eigenvalue weighted by Crippen LogP contribution is 2.35. The third-order valence-electron chi connectivity index (χ3n) is 4.87. The van der Waals surface area contributed by atoms with Gasteiger partial charge in [0.25, 0.3) is 11.1 Å². The molecular weight excluding hydrogens is 436 g/mol. The lowest BCUT2D eigenvalue weighted by Gasteiger charge is -2.13. The number of nitrogens with zero attached hydrogens (tertiary/aromatic N) is 2. The van der Waals surface area contributed by atoms with Crippen LogP contribution < -0.4 is 0 Å². The lowest BCUT2D eigenvalue weighted by molar-refractivity contribution is -0.143. The quantitative estimate of drug-likeness (QED) is 0.383. The lowest BCUT2D eigenvalue weighted by atomic mass is 10.1. The summed E-state index contributed by atoms with van der Waals surface area (Å²) < 4.78 is 6.84. The van der Waals surface area contributed by atoms with Crippen LogP contribution in [-0.4, -0.2) is 33.2 Å². The van der Waals surface area contributed by atoms with Crippen LogP contribution in [0, 0.1) is 0 Å². The first-order valence-corrected chi connectivity index (χ1v) is 10.9. The van der Waals surface area contributed by atoms with Crippen LogP contribution in [0.2, 0.25) is 5.02 Å². The molecule has 31 heavy (non-hydrogen) atoms. The van der Waals surface area contributed by atoms with E-state index in [0.717, 1.165) is 28.2 Å². The molecule has 4 rings (SSSR count). The standard InChI is InChI=1S/C23H19ClN2O4S/c1-2-30-21(27)14-25-12-16(17-8-4-6-10-19(17)25)11-20-22(28)26(23(29)31-20)13-15-7-3-5-9-18(15)24/h3-12H,2,13-14H2,1H3/b20-11-. The van der Waals surface area contributed by atoms with E-state index >= 15 is 0 Å². The maximum atomic E-state index is 12.9. The second kappa shape index (κ2) is 8.99. The summed E-state index contributed by atoms with van der Waals surface area (Å²) in [7, 11) is 0. The number of benzene rings is 2. The Labute approximate surface area is 188 Å². The Bertz CT molecular complexity index is 1220. The molecule has 2 amide bonds. The van der Waals surface area contributed by atoms with Gasteiger partial charge in [0.05, 0.1) is 18.1 Å². The van der Waals surface area contributed by atoms with Crippen molar-refractivity contribution in [2.24, 2.45) is 0 Å². The maximum Gasteiger partial charge on any atom is 0.325 e. The summed E-state index contributed by atoms with van der Waals surface area (Å²) in [6, 6.07) is 14.7. The minimum atomic E-state index is -0.364. The van der Waals surface area contributed by atoms with Crippen LogP contribution >= 0.6 is 23.4 Å². The number of thioether (sulfide) groups is 1. The normalized spacial score (nSPS) is 15.3. The van der Waals surface area contributed by atoms with E-state index in [2.05, 4.69) is 0 Å². The van der Waals surface area contributed by atoms with Crippen molar-refractivity contribution >= 4 is 57.5 Å². The molecule has 2 aromatic carbocycles. The molecule has 0 saturated carbocycles. The molecule has 0 atom stereocenters. The monoisotopic (exact) mass is 454 g/mol. The molecule has 0 bridgehead atoms. The van der Waals surface area contributed by atoms with Crippen LogP contribution in [0.5, 0.6) is 0 Å². The van der Waals surface area contributed by atoms with Crippen molar-refractivity contribution in [3.05, 3.63) is 75.8 Å². The number of hydrogen-bond donors (Lipinski definition) is 0. The lowest BCUT2D eigenvalue weighted by Crippen LogP contribution is -2.27. The van der Waals surface area contributed by atoms with Gasteiger partial charge in [0.2, 0.25) is 0 Å². The summed E-state index contributed by atoms with van der Waals surface area (Å²) in [5.74, 6) is -0.702. The van der Waals surface area contributed by atoms with Crippen LogP contribution in [0.1, 0.15) is 18.1 Å². The van der Waals surface area contributed by atoms with Gasteiger partial charge in [-0.2, -0.15) is 0 Å². The van der Waals surface area contributed by atoms with Gasteiger partial charge in [0.1, 0.15) is 6.54 Å². The minimum Gasteiger partial charge on any atom is -0.465 e. The number of aromatic nitrogens is 1. The average Bonchev–Trinajstić information content (AvgIpc) is 3.22. The van der Waals surface area contributed by atoms with Crippen molar-refractivity contribution in [1.29, 1.82) is 0 Å². The van der Waals surface area contributed by atoms with Gasteiger partial charge in [-0.15, -0.1) is 0 Å². The summed E-state index contributed by atoms with van der Waals surface area (Å²) in [5.41, 5.74) is 2.30. The SMILES string of the molecule is CCOC(=O)Cn1cc(/C=C2\SC(=O)N(Cc3ccccc3Cl)C2=O)c2ccccc21. The molecule has 3 aromatic rings. The zero-order valence-corrected chi connectivity index (χ0v) is 18.3. The van der Waals surface area contributed by atoms with E-state index in [-0.39, 0.29) is 30.2 Å². The van der Waals surface area contributed by atoms with Crippen molar-refractivity contribution in [3.63, 3.8) is 0 Å². The summed E-state index contributed by atoms with van der Waals surface area (Å²) >= 11 is 7.08. The Hall–Kier alpha value is -3.03. The molecule has 0 radical (unpaired) electrons. The molecule has 1 saturated heterocycles. The predicted molar refractivity (Wildman–Crippen MR) is 122 cm³/mol. The number of amides is 2. The molecule has 1 aliphatic heterocycles. The smallest absolute Gasteiger partial charge is 0.325 e. The number of halogens is 1. The van der Waals surface area contributed by atoms with Crippen molar-refractivity contribution < 1.29 is 19.1 Å². The Morgan fingerprint density at radius 1 is 1.13 bits per heavy atom. The van der Waals surface area contributed by atoms with E-state index in [1.165, 1.54) is 4.90 Å². The van der Waals surface area contributed by atoms with E-state index in [1.807, 2.05) is 30.3 Å². The number of carbonyl (C=O) groups is 3. The molecule has 0 N–H and O–H groups in total. The van der Waals surface area contributed by atoms with Gasteiger partial charge in [0.15, 0.2) is 0 Å². The first kappa shape index (κ1) is 21.2. The molecule has 0 unspecified atom stereocenters.